The Hall–Kier alpha value is -2.77. The molecule has 144 valence electrons. The molecule has 4 rings (SSSR count). The van der Waals surface area contributed by atoms with Gasteiger partial charge in [-0.3, -0.25) is 14.2 Å². The molecule has 0 amide bonds. The summed E-state index contributed by atoms with van der Waals surface area (Å²) >= 11 is 4.53. The highest BCUT2D eigenvalue weighted by Gasteiger charge is 2.16. The first kappa shape index (κ1) is 19.5. The monoisotopic (exact) mass is 468 g/mol. The van der Waals surface area contributed by atoms with Crippen LogP contribution in [0.3, 0.4) is 0 Å². The van der Waals surface area contributed by atoms with Gasteiger partial charge in [-0.25, -0.2) is 9.37 Å². The molecule has 1 aromatic heterocycles. The lowest BCUT2D eigenvalue weighted by Gasteiger charge is -2.13. The highest BCUT2D eigenvalue weighted by atomic mass is 79.9. The number of carbonyl (C=O) groups excluding carboxylic acids is 1. The van der Waals surface area contributed by atoms with Crippen LogP contribution in [0.5, 0.6) is 0 Å². The zero-order valence-corrected chi connectivity index (χ0v) is 17.4. The summed E-state index contributed by atoms with van der Waals surface area (Å²) in [5.41, 5.74) is 1.20. The molecule has 0 aliphatic rings. The molecule has 0 atom stereocenters. The maximum Gasteiger partial charge on any atom is 0.266 e. The summed E-state index contributed by atoms with van der Waals surface area (Å²) in [6, 6.07) is 20.0. The number of rotatable bonds is 5. The van der Waals surface area contributed by atoms with Crippen LogP contribution in [0.2, 0.25) is 0 Å². The normalized spacial score (nSPS) is 11.0. The van der Waals surface area contributed by atoms with Crippen molar-refractivity contribution in [2.24, 2.45) is 0 Å². The number of fused-ring (bicyclic) bond motifs is 1. The summed E-state index contributed by atoms with van der Waals surface area (Å²) in [7, 11) is 0. The van der Waals surface area contributed by atoms with E-state index in [9.17, 15) is 14.0 Å². The van der Waals surface area contributed by atoms with Gasteiger partial charge in [0.15, 0.2) is 10.9 Å². The highest BCUT2D eigenvalue weighted by Crippen LogP contribution is 2.23. The van der Waals surface area contributed by atoms with Crippen molar-refractivity contribution in [3.8, 4) is 5.69 Å². The number of thioether (sulfide) groups is 1. The zero-order valence-electron chi connectivity index (χ0n) is 15.0. The maximum atomic E-state index is 13.7. The van der Waals surface area contributed by atoms with Gasteiger partial charge in [0.05, 0.1) is 22.3 Å². The lowest BCUT2D eigenvalue weighted by Crippen LogP contribution is -2.22. The fourth-order valence-electron chi connectivity index (χ4n) is 2.89. The van der Waals surface area contributed by atoms with Gasteiger partial charge in [-0.2, -0.15) is 0 Å². The molecule has 0 fully saturated rings. The molecule has 4 aromatic rings. The van der Waals surface area contributed by atoms with Gasteiger partial charge in [0.25, 0.3) is 5.56 Å². The molecule has 0 aliphatic heterocycles. The van der Waals surface area contributed by atoms with Gasteiger partial charge < -0.3 is 0 Å². The van der Waals surface area contributed by atoms with Crippen LogP contribution in [0.1, 0.15) is 10.4 Å². The molecule has 0 saturated heterocycles. The summed E-state index contributed by atoms with van der Waals surface area (Å²) in [5, 5.41) is 0.572. The van der Waals surface area contributed by atoms with Crippen LogP contribution in [-0.4, -0.2) is 21.1 Å². The van der Waals surface area contributed by atoms with E-state index < -0.39 is 5.82 Å². The molecule has 0 saturated carbocycles. The lowest BCUT2D eigenvalue weighted by atomic mass is 10.2. The second-order valence-corrected chi connectivity index (χ2v) is 8.11. The Labute approximate surface area is 178 Å². The molecule has 7 heteroatoms. The first-order valence-corrected chi connectivity index (χ1v) is 10.5. The fraction of sp³-hybridized carbons (Fsp3) is 0.0455. The number of benzene rings is 3. The van der Waals surface area contributed by atoms with Crippen molar-refractivity contribution in [3.63, 3.8) is 0 Å². The molecular formula is C22H14BrFN2O2S. The van der Waals surface area contributed by atoms with Crippen molar-refractivity contribution in [1.82, 2.24) is 9.55 Å². The minimum absolute atomic E-state index is 0.0736. The number of para-hydroxylation sites is 1. The topological polar surface area (TPSA) is 52.0 Å². The Morgan fingerprint density at radius 3 is 2.48 bits per heavy atom. The first-order valence-electron chi connectivity index (χ1n) is 8.72. The Kier molecular flexibility index (Phi) is 5.60. The van der Waals surface area contributed by atoms with Crippen molar-refractivity contribution in [3.05, 3.63) is 99.0 Å². The van der Waals surface area contributed by atoms with E-state index in [2.05, 4.69) is 20.9 Å². The van der Waals surface area contributed by atoms with Crippen molar-refractivity contribution < 1.29 is 9.18 Å². The third-order valence-electron chi connectivity index (χ3n) is 4.31. The molecule has 0 radical (unpaired) electrons. The predicted molar refractivity (Wildman–Crippen MR) is 116 cm³/mol. The number of halogens is 2. The predicted octanol–water partition coefficient (Wildman–Crippen LogP) is 5.26. The SMILES string of the molecule is O=C(CSc1nc2ccc(F)cc2c(=O)n1-c1ccccc1)c1ccc(Br)cc1. The molecule has 0 unspecified atom stereocenters. The molecule has 0 spiro atoms. The quantitative estimate of drug-likeness (QED) is 0.227. The van der Waals surface area contributed by atoms with E-state index in [-0.39, 0.29) is 22.5 Å². The van der Waals surface area contributed by atoms with E-state index in [0.29, 0.717) is 21.9 Å². The van der Waals surface area contributed by atoms with Crippen LogP contribution in [-0.2, 0) is 0 Å². The van der Waals surface area contributed by atoms with Crippen molar-refractivity contribution in [2.75, 3.05) is 5.75 Å². The molecule has 4 nitrogen and oxygen atoms in total. The van der Waals surface area contributed by atoms with E-state index in [4.69, 9.17) is 0 Å². The van der Waals surface area contributed by atoms with Crippen molar-refractivity contribution in [2.45, 2.75) is 5.16 Å². The largest absolute Gasteiger partial charge is 0.293 e. The summed E-state index contributed by atoms with van der Waals surface area (Å²) < 4.78 is 16.0. The summed E-state index contributed by atoms with van der Waals surface area (Å²) in [5.74, 6) is -0.453. The van der Waals surface area contributed by atoms with E-state index in [1.165, 1.54) is 34.5 Å². The van der Waals surface area contributed by atoms with Crippen molar-refractivity contribution in [1.29, 1.82) is 0 Å². The summed E-state index contributed by atoms with van der Waals surface area (Å²) in [6.45, 7) is 0. The average Bonchev–Trinajstić information content (AvgIpc) is 2.74. The Bertz CT molecular complexity index is 1260. The van der Waals surface area contributed by atoms with Gasteiger partial charge in [0.2, 0.25) is 0 Å². The van der Waals surface area contributed by atoms with Gasteiger partial charge in [-0.05, 0) is 42.5 Å². The fourth-order valence-corrected chi connectivity index (χ4v) is 4.06. The molecule has 0 N–H and O–H groups in total. The van der Waals surface area contributed by atoms with Crippen LogP contribution in [0.25, 0.3) is 16.6 Å². The van der Waals surface area contributed by atoms with Crippen LogP contribution >= 0.6 is 27.7 Å². The highest BCUT2D eigenvalue weighted by molar-refractivity contribution is 9.10. The van der Waals surface area contributed by atoms with Gasteiger partial charge >= 0.3 is 0 Å². The smallest absolute Gasteiger partial charge is 0.266 e. The van der Waals surface area contributed by atoms with Crippen LogP contribution in [0.4, 0.5) is 4.39 Å². The molecule has 0 bridgehead atoms. The van der Waals surface area contributed by atoms with Gasteiger partial charge in [-0.15, -0.1) is 0 Å². The summed E-state index contributed by atoms with van der Waals surface area (Å²) in [4.78, 5) is 30.2. The van der Waals surface area contributed by atoms with Gasteiger partial charge in [-0.1, -0.05) is 58.0 Å². The van der Waals surface area contributed by atoms with Gasteiger partial charge in [0.1, 0.15) is 5.82 Å². The second kappa shape index (κ2) is 8.31. The minimum Gasteiger partial charge on any atom is -0.293 e. The van der Waals surface area contributed by atoms with E-state index >= 15 is 0 Å². The number of nitrogens with zero attached hydrogens (tertiary/aromatic N) is 2. The standard InChI is InChI=1S/C22H14BrFN2O2S/c23-15-8-6-14(7-9-15)20(27)13-29-22-25-19-11-10-16(24)12-18(19)21(28)26(22)17-4-2-1-3-5-17/h1-12H,13H2. The van der Waals surface area contributed by atoms with Crippen LogP contribution in [0, 0.1) is 5.82 Å². The molecule has 29 heavy (non-hydrogen) atoms. The molecule has 1 heterocycles. The van der Waals surface area contributed by atoms with Gasteiger partial charge in [0, 0.05) is 10.0 Å². The number of carbonyl (C=O) groups is 1. The number of aromatic nitrogens is 2. The van der Waals surface area contributed by atoms with E-state index in [1.807, 2.05) is 6.07 Å². The number of ketones is 1. The third kappa shape index (κ3) is 4.16. The Morgan fingerprint density at radius 1 is 1.03 bits per heavy atom. The number of Topliss-reactive ketones (excluding diaryl/α,β-unsaturated/α-hetero) is 1. The minimum atomic E-state index is -0.498. The third-order valence-corrected chi connectivity index (χ3v) is 5.78. The zero-order chi connectivity index (χ0) is 20.4. The lowest BCUT2D eigenvalue weighted by molar-refractivity contribution is 0.102. The maximum absolute atomic E-state index is 13.7. The molecule has 3 aromatic carbocycles. The average molecular weight is 469 g/mol. The Balaban J connectivity index is 1.76. The number of hydrogen-bond donors (Lipinski definition) is 0. The van der Waals surface area contributed by atoms with E-state index in [1.54, 1.807) is 48.5 Å². The first-order chi connectivity index (χ1) is 14.0. The van der Waals surface area contributed by atoms with Crippen molar-refractivity contribution >= 4 is 44.4 Å². The number of hydrogen-bond acceptors (Lipinski definition) is 4. The van der Waals surface area contributed by atoms with Crippen LogP contribution < -0.4 is 5.56 Å². The second-order valence-electron chi connectivity index (χ2n) is 6.25. The molecular weight excluding hydrogens is 455 g/mol. The Morgan fingerprint density at radius 2 is 1.76 bits per heavy atom. The molecule has 0 aliphatic carbocycles. The van der Waals surface area contributed by atoms with Crippen LogP contribution in [0.15, 0.2) is 87.2 Å². The summed E-state index contributed by atoms with van der Waals surface area (Å²) in [6.07, 6.45) is 0. The van der Waals surface area contributed by atoms with E-state index in [0.717, 1.165) is 4.47 Å².